The highest BCUT2D eigenvalue weighted by Gasteiger charge is 2.16. The van der Waals surface area contributed by atoms with E-state index >= 15 is 0 Å². The molecule has 0 unspecified atom stereocenters. The van der Waals surface area contributed by atoms with Crippen LogP contribution in [0.1, 0.15) is 47.6 Å². The van der Waals surface area contributed by atoms with Crippen LogP contribution in [0.15, 0.2) is 84.2 Å². The Bertz CT molecular complexity index is 1400. The molecule has 8 heteroatoms. The van der Waals surface area contributed by atoms with E-state index in [0.29, 0.717) is 18.7 Å². The fraction of sp³-hybridized carbons (Fsp3) is 0.303. The van der Waals surface area contributed by atoms with Crippen molar-refractivity contribution >= 4 is 34.6 Å². The molecular weight excluding hydrogens is 532 g/mol. The SMILES string of the molecule is CCCN(CCC)c1ccc(C(=O)N(C)c2ccc(-c3csc(CN(CC(=O)O)Cc4ccccc4)n3)cc2)cc1. The standard InChI is InChI=1S/C33H38N4O3S/c1-4-19-37(20-5-2)29-17-13-27(14-18-29)33(40)35(3)28-15-11-26(12-16-28)30-24-41-31(34-30)22-36(23-32(38)39)21-25-9-7-6-8-10-25/h6-18,24H,4-5,19-23H2,1-3H3,(H,38,39). The largest absolute Gasteiger partial charge is 0.480 e. The second-order valence-corrected chi connectivity index (χ2v) is 11.0. The Morgan fingerprint density at radius 1 is 0.829 bits per heavy atom. The Hall–Kier alpha value is -4.01. The van der Waals surface area contributed by atoms with Gasteiger partial charge in [-0.2, -0.15) is 0 Å². The molecule has 0 aliphatic rings. The molecule has 4 aromatic rings. The van der Waals surface area contributed by atoms with Gasteiger partial charge in [0, 0.05) is 54.6 Å². The summed E-state index contributed by atoms with van der Waals surface area (Å²) >= 11 is 1.52. The van der Waals surface area contributed by atoms with E-state index in [0.717, 1.165) is 59.1 Å². The van der Waals surface area contributed by atoms with Crippen molar-refractivity contribution in [1.82, 2.24) is 9.88 Å². The number of aromatic nitrogens is 1. The van der Waals surface area contributed by atoms with Crippen molar-refractivity contribution in [3.05, 3.63) is 100 Å². The number of benzene rings is 3. The minimum absolute atomic E-state index is 0.0582. The lowest BCUT2D eigenvalue weighted by molar-refractivity contribution is -0.138. The average Bonchev–Trinajstić information content (AvgIpc) is 3.45. The molecule has 0 radical (unpaired) electrons. The molecule has 41 heavy (non-hydrogen) atoms. The summed E-state index contributed by atoms with van der Waals surface area (Å²) in [7, 11) is 1.79. The van der Waals surface area contributed by atoms with Gasteiger partial charge in [0.25, 0.3) is 5.91 Å². The number of hydrogen-bond donors (Lipinski definition) is 1. The van der Waals surface area contributed by atoms with Crippen LogP contribution in [0.2, 0.25) is 0 Å². The van der Waals surface area contributed by atoms with E-state index in [9.17, 15) is 14.7 Å². The molecular formula is C33H38N4O3S. The molecule has 0 spiro atoms. The van der Waals surface area contributed by atoms with Gasteiger partial charge in [0.05, 0.1) is 18.8 Å². The van der Waals surface area contributed by atoms with Gasteiger partial charge < -0.3 is 14.9 Å². The number of rotatable bonds is 14. The van der Waals surface area contributed by atoms with Crippen LogP contribution in [0.5, 0.6) is 0 Å². The number of carboxylic acid groups (broad SMARTS) is 1. The van der Waals surface area contributed by atoms with Gasteiger partial charge in [0.15, 0.2) is 0 Å². The lowest BCUT2D eigenvalue weighted by Crippen LogP contribution is -2.28. The zero-order chi connectivity index (χ0) is 29.2. The van der Waals surface area contributed by atoms with Gasteiger partial charge in [-0.3, -0.25) is 14.5 Å². The maximum absolute atomic E-state index is 13.2. The minimum Gasteiger partial charge on any atom is -0.480 e. The van der Waals surface area contributed by atoms with Crippen LogP contribution in [0.3, 0.4) is 0 Å². The molecule has 0 aliphatic carbocycles. The van der Waals surface area contributed by atoms with Gasteiger partial charge in [-0.15, -0.1) is 11.3 Å². The number of amides is 1. The van der Waals surface area contributed by atoms with Crippen molar-refractivity contribution in [2.24, 2.45) is 0 Å². The van der Waals surface area contributed by atoms with E-state index in [1.165, 1.54) is 11.3 Å². The summed E-state index contributed by atoms with van der Waals surface area (Å²) in [5.41, 5.74) is 5.43. The summed E-state index contributed by atoms with van der Waals surface area (Å²) in [5, 5.41) is 12.2. The number of anilines is 2. The van der Waals surface area contributed by atoms with Crippen LogP contribution in [0.25, 0.3) is 11.3 Å². The number of nitrogens with zero attached hydrogens (tertiary/aromatic N) is 4. The molecule has 1 heterocycles. The number of thiazole rings is 1. The van der Waals surface area contributed by atoms with Crippen LogP contribution >= 0.6 is 11.3 Å². The van der Waals surface area contributed by atoms with Crippen molar-refractivity contribution in [2.75, 3.05) is 36.5 Å². The van der Waals surface area contributed by atoms with Gasteiger partial charge in [-0.05, 0) is 54.8 Å². The molecule has 7 nitrogen and oxygen atoms in total. The van der Waals surface area contributed by atoms with Crippen molar-refractivity contribution in [3.63, 3.8) is 0 Å². The maximum Gasteiger partial charge on any atom is 0.317 e. The first-order valence-corrected chi connectivity index (χ1v) is 14.9. The monoisotopic (exact) mass is 570 g/mol. The second-order valence-electron chi connectivity index (χ2n) is 10.1. The predicted octanol–water partition coefficient (Wildman–Crippen LogP) is 6.80. The Labute approximate surface area is 246 Å². The van der Waals surface area contributed by atoms with Gasteiger partial charge in [0.1, 0.15) is 5.01 Å². The Kier molecular flexibility index (Phi) is 10.6. The average molecular weight is 571 g/mol. The highest BCUT2D eigenvalue weighted by molar-refractivity contribution is 7.09. The highest BCUT2D eigenvalue weighted by Crippen LogP contribution is 2.26. The van der Waals surface area contributed by atoms with E-state index in [1.807, 2.05) is 89.1 Å². The minimum atomic E-state index is -0.863. The summed E-state index contributed by atoms with van der Waals surface area (Å²) in [5.74, 6) is -0.924. The van der Waals surface area contributed by atoms with E-state index in [4.69, 9.17) is 4.98 Å². The lowest BCUT2D eigenvalue weighted by Gasteiger charge is -2.24. The first kappa shape index (κ1) is 30.0. The molecule has 4 rings (SSSR count). The third-order valence-corrected chi connectivity index (χ3v) is 7.67. The van der Waals surface area contributed by atoms with Crippen molar-refractivity contribution in [2.45, 2.75) is 39.8 Å². The van der Waals surface area contributed by atoms with E-state index in [1.54, 1.807) is 11.9 Å². The summed E-state index contributed by atoms with van der Waals surface area (Å²) in [4.78, 5) is 35.3. The van der Waals surface area contributed by atoms with E-state index < -0.39 is 5.97 Å². The van der Waals surface area contributed by atoms with E-state index in [2.05, 4.69) is 18.7 Å². The first-order chi connectivity index (χ1) is 19.9. The summed E-state index contributed by atoms with van der Waals surface area (Å²) < 4.78 is 0. The van der Waals surface area contributed by atoms with Crippen LogP contribution in [0, 0.1) is 0 Å². The fourth-order valence-electron chi connectivity index (χ4n) is 4.80. The van der Waals surface area contributed by atoms with Crippen LogP contribution in [-0.2, 0) is 17.9 Å². The van der Waals surface area contributed by atoms with Crippen molar-refractivity contribution in [1.29, 1.82) is 0 Å². The van der Waals surface area contributed by atoms with Gasteiger partial charge in [-0.25, -0.2) is 4.98 Å². The Morgan fingerprint density at radius 2 is 1.46 bits per heavy atom. The molecule has 0 fully saturated rings. The normalized spacial score (nSPS) is 11.0. The second kappa shape index (κ2) is 14.6. The van der Waals surface area contributed by atoms with Gasteiger partial charge in [-0.1, -0.05) is 56.3 Å². The van der Waals surface area contributed by atoms with Crippen molar-refractivity contribution < 1.29 is 14.7 Å². The number of carbonyl (C=O) groups excluding carboxylic acids is 1. The molecule has 0 atom stereocenters. The van der Waals surface area contributed by atoms with E-state index in [-0.39, 0.29) is 12.5 Å². The molecule has 0 saturated heterocycles. The summed E-state index contributed by atoms with van der Waals surface area (Å²) in [6.07, 6.45) is 2.16. The number of hydrogen-bond acceptors (Lipinski definition) is 6. The zero-order valence-corrected chi connectivity index (χ0v) is 24.8. The third-order valence-electron chi connectivity index (χ3n) is 6.84. The Balaban J connectivity index is 1.41. The topological polar surface area (TPSA) is 77.0 Å². The Morgan fingerprint density at radius 3 is 2.07 bits per heavy atom. The number of aliphatic carboxylic acids is 1. The molecule has 214 valence electrons. The van der Waals surface area contributed by atoms with Crippen LogP contribution < -0.4 is 9.80 Å². The van der Waals surface area contributed by atoms with Gasteiger partial charge >= 0.3 is 5.97 Å². The molecule has 1 N–H and O–H groups in total. The quantitative estimate of drug-likeness (QED) is 0.180. The fourth-order valence-corrected chi connectivity index (χ4v) is 5.64. The van der Waals surface area contributed by atoms with Crippen LogP contribution in [0.4, 0.5) is 11.4 Å². The van der Waals surface area contributed by atoms with Crippen LogP contribution in [-0.4, -0.2) is 53.5 Å². The van der Waals surface area contributed by atoms with Gasteiger partial charge in [0.2, 0.25) is 0 Å². The molecule has 1 amide bonds. The number of carbonyl (C=O) groups is 2. The smallest absolute Gasteiger partial charge is 0.317 e. The predicted molar refractivity (Wildman–Crippen MR) is 168 cm³/mol. The molecule has 0 aliphatic heterocycles. The molecule has 0 saturated carbocycles. The number of carboxylic acids is 1. The van der Waals surface area contributed by atoms with Crippen molar-refractivity contribution in [3.8, 4) is 11.3 Å². The molecule has 3 aromatic carbocycles. The lowest BCUT2D eigenvalue weighted by atomic mass is 10.1. The summed E-state index contributed by atoms with van der Waals surface area (Å²) in [6.45, 7) is 7.29. The molecule has 1 aromatic heterocycles. The summed E-state index contributed by atoms with van der Waals surface area (Å²) in [6, 6.07) is 25.5. The first-order valence-electron chi connectivity index (χ1n) is 14.0. The third kappa shape index (κ3) is 8.25. The molecule has 0 bridgehead atoms. The zero-order valence-electron chi connectivity index (χ0n) is 24.0. The highest BCUT2D eigenvalue weighted by atomic mass is 32.1. The maximum atomic E-state index is 13.2.